The Labute approximate surface area is 198 Å². The Balaban J connectivity index is 1.69. The molecular formula is C29H38O2S. The molecule has 0 aliphatic heterocycles. The van der Waals surface area contributed by atoms with Gasteiger partial charge in [0.25, 0.3) is 0 Å². The fourth-order valence-corrected chi connectivity index (χ4v) is 5.69. The number of ketones is 1. The second-order valence-electron chi connectivity index (χ2n) is 10.1. The molecular weight excluding hydrogens is 412 g/mol. The van der Waals surface area contributed by atoms with E-state index in [1.54, 1.807) is 0 Å². The van der Waals surface area contributed by atoms with Gasteiger partial charge in [-0.25, -0.2) is 0 Å². The van der Waals surface area contributed by atoms with Crippen molar-refractivity contribution in [2.45, 2.75) is 84.0 Å². The highest BCUT2D eigenvalue weighted by molar-refractivity contribution is 7.99. The van der Waals surface area contributed by atoms with Crippen molar-refractivity contribution < 1.29 is 9.90 Å². The number of hydrogen-bond donors (Lipinski definition) is 1. The van der Waals surface area contributed by atoms with Gasteiger partial charge in [0.1, 0.15) is 5.76 Å². The molecule has 0 bridgehead atoms. The van der Waals surface area contributed by atoms with Crippen molar-refractivity contribution in [1.29, 1.82) is 0 Å². The van der Waals surface area contributed by atoms with E-state index in [1.165, 1.54) is 27.1 Å². The molecule has 0 amide bonds. The molecule has 1 aliphatic rings. The molecule has 0 aromatic heterocycles. The molecule has 2 aromatic carbocycles. The van der Waals surface area contributed by atoms with Gasteiger partial charge in [0.15, 0.2) is 5.78 Å². The Bertz CT molecular complexity index is 968. The van der Waals surface area contributed by atoms with Gasteiger partial charge < -0.3 is 5.11 Å². The fourth-order valence-electron chi connectivity index (χ4n) is 4.68. The summed E-state index contributed by atoms with van der Waals surface area (Å²) < 4.78 is 0. The minimum absolute atomic E-state index is 0.103. The van der Waals surface area contributed by atoms with Gasteiger partial charge in [-0.15, -0.1) is 11.8 Å². The second-order valence-corrected chi connectivity index (χ2v) is 11.3. The highest BCUT2D eigenvalue weighted by Gasteiger charge is 2.30. The maximum absolute atomic E-state index is 13.2. The number of benzene rings is 2. The van der Waals surface area contributed by atoms with E-state index in [4.69, 9.17) is 0 Å². The second kappa shape index (κ2) is 10.3. The number of aliphatic hydroxyl groups is 1. The van der Waals surface area contributed by atoms with Crippen LogP contribution in [0.5, 0.6) is 0 Å². The Morgan fingerprint density at radius 2 is 1.59 bits per heavy atom. The van der Waals surface area contributed by atoms with Crippen LogP contribution in [0.25, 0.3) is 5.57 Å². The zero-order valence-corrected chi connectivity index (χ0v) is 21.4. The number of Topliss-reactive ketones (excluding diaryl/α,β-unsaturated/α-hetero) is 1. The maximum Gasteiger partial charge on any atom is 0.167 e. The lowest BCUT2D eigenvalue weighted by Crippen LogP contribution is -2.21. The standard InChI is InChI=1S/C29H38O2S/c1-7-21-15-19(3)16-22(8-2)27(21)28-25(30)17-20(18-26(28)31)13-14-32-24-11-9-23(10-12-24)29(4,5)6/h9-12,15-16,20,30H,7-8,13-14,17-18H2,1-6H3. The maximum atomic E-state index is 13.2. The lowest BCUT2D eigenvalue weighted by molar-refractivity contribution is -0.115. The van der Waals surface area contributed by atoms with Gasteiger partial charge >= 0.3 is 0 Å². The first-order chi connectivity index (χ1) is 15.1. The van der Waals surface area contributed by atoms with E-state index in [0.717, 1.165) is 30.6 Å². The number of rotatable bonds is 7. The van der Waals surface area contributed by atoms with E-state index in [-0.39, 0.29) is 17.1 Å². The van der Waals surface area contributed by atoms with Crippen LogP contribution in [-0.2, 0) is 23.1 Å². The Kier molecular flexibility index (Phi) is 7.92. The van der Waals surface area contributed by atoms with Crippen LogP contribution < -0.4 is 0 Å². The van der Waals surface area contributed by atoms with Crippen LogP contribution in [0.1, 0.15) is 81.7 Å². The normalized spacial score (nSPS) is 17.2. The van der Waals surface area contributed by atoms with Crippen LogP contribution in [0.2, 0.25) is 0 Å². The number of thioether (sulfide) groups is 1. The monoisotopic (exact) mass is 450 g/mol. The van der Waals surface area contributed by atoms with Crippen LogP contribution in [-0.4, -0.2) is 16.6 Å². The first-order valence-electron chi connectivity index (χ1n) is 11.9. The van der Waals surface area contributed by atoms with Crippen molar-refractivity contribution in [3.8, 4) is 0 Å². The Morgan fingerprint density at radius 3 is 2.09 bits per heavy atom. The first-order valence-corrected chi connectivity index (χ1v) is 12.9. The molecule has 1 atom stereocenters. The van der Waals surface area contributed by atoms with E-state index in [1.807, 2.05) is 11.8 Å². The Morgan fingerprint density at radius 1 is 1.00 bits per heavy atom. The summed E-state index contributed by atoms with van der Waals surface area (Å²) >= 11 is 1.84. The summed E-state index contributed by atoms with van der Waals surface area (Å²) in [5.74, 6) is 1.57. The van der Waals surface area contributed by atoms with Crippen molar-refractivity contribution in [1.82, 2.24) is 0 Å². The molecule has 3 rings (SSSR count). The molecule has 1 aliphatic carbocycles. The van der Waals surface area contributed by atoms with Crippen LogP contribution in [0, 0.1) is 12.8 Å². The molecule has 3 heteroatoms. The minimum Gasteiger partial charge on any atom is -0.512 e. The predicted octanol–water partition coefficient (Wildman–Crippen LogP) is 7.85. The largest absolute Gasteiger partial charge is 0.512 e. The summed E-state index contributed by atoms with van der Waals surface area (Å²) in [6.07, 6.45) is 3.79. The highest BCUT2D eigenvalue weighted by Crippen LogP contribution is 2.38. The third-order valence-electron chi connectivity index (χ3n) is 6.50. The summed E-state index contributed by atoms with van der Waals surface area (Å²) in [6, 6.07) is 13.1. The molecule has 0 saturated heterocycles. The molecule has 2 aromatic rings. The van der Waals surface area contributed by atoms with Crippen molar-refractivity contribution in [3.05, 3.63) is 70.0 Å². The number of aryl methyl sites for hydroxylation is 3. The molecule has 32 heavy (non-hydrogen) atoms. The summed E-state index contributed by atoms with van der Waals surface area (Å²) in [5, 5.41) is 10.9. The van der Waals surface area contributed by atoms with E-state index in [0.29, 0.717) is 24.2 Å². The third-order valence-corrected chi connectivity index (χ3v) is 7.54. The molecule has 172 valence electrons. The lowest BCUT2D eigenvalue weighted by Gasteiger charge is -2.26. The zero-order chi connectivity index (χ0) is 23.5. The van der Waals surface area contributed by atoms with E-state index in [9.17, 15) is 9.90 Å². The summed E-state index contributed by atoms with van der Waals surface area (Å²) in [6.45, 7) is 13.0. The van der Waals surface area contributed by atoms with Crippen LogP contribution in [0.15, 0.2) is 47.1 Å². The first kappa shape index (κ1) is 24.6. The molecule has 0 fully saturated rings. The molecule has 0 spiro atoms. The van der Waals surface area contributed by atoms with Gasteiger partial charge in [-0.05, 0) is 77.7 Å². The summed E-state index contributed by atoms with van der Waals surface area (Å²) in [4.78, 5) is 14.4. The van der Waals surface area contributed by atoms with Crippen LogP contribution in [0.3, 0.4) is 0 Å². The van der Waals surface area contributed by atoms with Crippen molar-refractivity contribution in [3.63, 3.8) is 0 Å². The summed E-state index contributed by atoms with van der Waals surface area (Å²) in [5.41, 5.74) is 6.65. The SMILES string of the molecule is CCc1cc(C)cc(CC)c1C1=C(O)CC(CCSc2ccc(C(C)(C)C)cc2)CC1=O. The van der Waals surface area contributed by atoms with E-state index in [2.05, 4.69) is 77.9 Å². The lowest BCUT2D eigenvalue weighted by atomic mass is 9.79. The number of aliphatic hydroxyl groups excluding tert-OH is 1. The fraction of sp³-hybridized carbons (Fsp3) is 0.483. The van der Waals surface area contributed by atoms with Crippen molar-refractivity contribution in [2.75, 3.05) is 5.75 Å². The average molecular weight is 451 g/mol. The third kappa shape index (κ3) is 5.67. The van der Waals surface area contributed by atoms with Gasteiger partial charge in [0.05, 0.1) is 5.57 Å². The van der Waals surface area contributed by atoms with Crippen molar-refractivity contribution >= 4 is 23.1 Å². The molecule has 1 unspecified atom stereocenters. The van der Waals surface area contributed by atoms with Gasteiger partial charge in [-0.2, -0.15) is 0 Å². The molecule has 1 N–H and O–H groups in total. The average Bonchev–Trinajstić information content (AvgIpc) is 2.73. The quantitative estimate of drug-likeness (QED) is 0.436. The van der Waals surface area contributed by atoms with E-state index < -0.39 is 0 Å². The topological polar surface area (TPSA) is 37.3 Å². The molecule has 0 radical (unpaired) electrons. The van der Waals surface area contributed by atoms with Crippen molar-refractivity contribution in [2.24, 2.45) is 5.92 Å². The number of hydrogen-bond acceptors (Lipinski definition) is 3. The smallest absolute Gasteiger partial charge is 0.167 e. The number of carbonyl (C=O) groups excluding carboxylic acids is 1. The van der Waals surface area contributed by atoms with Crippen LogP contribution in [0.4, 0.5) is 0 Å². The highest BCUT2D eigenvalue weighted by atomic mass is 32.2. The molecule has 0 saturated carbocycles. The van der Waals surface area contributed by atoms with Gasteiger partial charge in [-0.3, -0.25) is 4.79 Å². The molecule has 0 heterocycles. The minimum atomic E-state index is 0.103. The number of allylic oxidation sites excluding steroid dienone is 2. The zero-order valence-electron chi connectivity index (χ0n) is 20.5. The molecule has 2 nitrogen and oxygen atoms in total. The Hall–Kier alpha value is -2.00. The number of carbonyl (C=O) groups is 1. The van der Waals surface area contributed by atoms with Gasteiger partial charge in [0.2, 0.25) is 0 Å². The van der Waals surface area contributed by atoms with E-state index >= 15 is 0 Å². The summed E-state index contributed by atoms with van der Waals surface area (Å²) in [7, 11) is 0. The van der Waals surface area contributed by atoms with Gasteiger partial charge in [-0.1, -0.05) is 64.4 Å². The van der Waals surface area contributed by atoms with Gasteiger partial charge in [0, 0.05) is 17.7 Å². The van der Waals surface area contributed by atoms with Crippen LogP contribution >= 0.6 is 11.8 Å². The predicted molar refractivity (Wildman–Crippen MR) is 138 cm³/mol.